The highest BCUT2D eigenvalue weighted by Crippen LogP contribution is 2.34. The molecule has 2 N–H and O–H groups in total. The number of nitrogens with zero attached hydrogens (tertiary/aromatic N) is 3. The van der Waals surface area contributed by atoms with E-state index in [1.807, 2.05) is 6.92 Å². The van der Waals surface area contributed by atoms with Crippen LogP contribution in [0.4, 0.5) is 5.69 Å². The molecule has 2 rings (SSSR count). The van der Waals surface area contributed by atoms with Crippen molar-refractivity contribution in [3.05, 3.63) is 22.0 Å². The lowest BCUT2D eigenvalue weighted by Gasteiger charge is -2.36. The van der Waals surface area contributed by atoms with E-state index < -0.39 is 11.2 Å². The Morgan fingerprint density at radius 2 is 2.28 bits per heavy atom. The average molecular weight is 256 g/mol. The summed E-state index contributed by atoms with van der Waals surface area (Å²) in [5.74, 6) is 0. The summed E-state index contributed by atoms with van der Waals surface area (Å²) in [7, 11) is 1.62. The summed E-state index contributed by atoms with van der Waals surface area (Å²) in [6.45, 7) is 3.18. The van der Waals surface area contributed by atoms with Crippen LogP contribution in [-0.2, 0) is 16.5 Å². The number of rotatable bonds is 3. The normalized spacial score (nSPS) is 28.3. The maximum Gasteiger partial charge on any atom is 0.315 e. The second-order valence-electron chi connectivity index (χ2n) is 4.76. The Hall–Kier alpha value is -1.51. The largest absolute Gasteiger partial charge is 0.346 e. The summed E-state index contributed by atoms with van der Waals surface area (Å²) in [6.07, 6.45) is 0.427. The average Bonchev–Trinajstić information content (AvgIpc) is 2.73. The van der Waals surface area contributed by atoms with E-state index in [1.54, 1.807) is 7.05 Å². The van der Waals surface area contributed by atoms with Crippen molar-refractivity contribution in [2.24, 2.45) is 18.2 Å². The van der Waals surface area contributed by atoms with Crippen molar-refractivity contribution in [3.8, 4) is 0 Å². The molecule has 100 valence electrons. The van der Waals surface area contributed by atoms with Crippen molar-refractivity contribution < 1.29 is 14.4 Å². The van der Waals surface area contributed by atoms with Gasteiger partial charge >= 0.3 is 5.69 Å². The Morgan fingerprint density at radius 1 is 1.67 bits per heavy atom. The summed E-state index contributed by atoms with van der Waals surface area (Å²) in [5, 5.41) is 14.7. The predicted octanol–water partition coefficient (Wildman–Crippen LogP) is 0.339. The molecule has 18 heavy (non-hydrogen) atoms. The van der Waals surface area contributed by atoms with E-state index in [4.69, 9.17) is 15.2 Å². The van der Waals surface area contributed by atoms with Crippen LogP contribution in [0.1, 0.15) is 18.9 Å². The van der Waals surface area contributed by atoms with E-state index in [9.17, 15) is 10.1 Å². The standard InChI is InChI=1S/C10H16N4O4/c1-10(4-11)5-17-9(18-6-10)8-7(14(15)16)3-12-13(8)2/h3,9H,4-6,11H2,1-2H3. The van der Waals surface area contributed by atoms with Crippen LogP contribution >= 0.6 is 0 Å². The number of nitrogens with two attached hydrogens (primary N) is 1. The molecule has 1 aromatic heterocycles. The highest BCUT2D eigenvalue weighted by molar-refractivity contribution is 5.34. The third-order valence-corrected chi connectivity index (χ3v) is 3.04. The molecule has 1 aliphatic rings. The van der Waals surface area contributed by atoms with Crippen LogP contribution in [0.5, 0.6) is 0 Å². The SMILES string of the molecule is Cn1ncc([N+](=O)[O-])c1C1OCC(C)(CN)CO1. The Bertz CT molecular complexity index is 451. The smallest absolute Gasteiger partial charge is 0.315 e. The van der Waals surface area contributed by atoms with Gasteiger partial charge in [-0.15, -0.1) is 0 Å². The third-order valence-electron chi connectivity index (χ3n) is 3.04. The quantitative estimate of drug-likeness (QED) is 0.617. The molecule has 0 unspecified atom stereocenters. The van der Waals surface area contributed by atoms with Gasteiger partial charge in [-0.2, -0.15) is 5.10 Å². The minimum absolute atomic E-state index is 0.0983. The molecular weight excluding hydrogens is 240 g/mol. The molecule has 0 atom stereocenters. The Morgan fingerprint density at radius 3 is 2.78 bits per heavy atom. The molecule has 0 radical (unpaired) electrons. The van der Waals surface area contributed by atoms with E-state index in [2.05, 4.69) is 5.10 Å². The third kappa shape index (κ3) is 2.22. The first-order valence-corrected chi connectivity index (χ1v) is 5.56. The molecule has 8 nitrogen and oxygen atoms in total. The Balaban J connectivity index is 2.19. The minimum atomic E-state index is -0.766. The first-order valence-electron chi connectivity index (χ1n) is 5.56. The molecule has 0 bridgehead atoms. The van der Waals surface area contributed by atoms with Crippen LogP contribution in [0.25, 0.3) is 0 Å². The number of hydrogen-bond donors (Lipinski definition) is 1. The Labute approximate surface area is 104 Å². The van der Waals surface area contributed by atoms with Crippen molar-refractivity contribution in [2.75, 3.05) is 19.8 Å². The van der Waals surface area contributed by atoms with Crippen LogP contribution in [-0.4, -0.2) is 34.5 Å². The van der Waals surface area contributed by atoms with Gasteiger partial charge in [-0.3, -0.25) is 14.8 Å². The summed E-state index contributed by atoms with van der Waals surface area (Å²) in [4.78, 5) is 10.4. The molecule has 1 aliphatic heterocycles. The number of ether oxygens (including phenoxy) is 2. The lowest BCUT2D eigenvalue weighted by atomic mass is 9.92. The zero-order valence-electron chi connectivity index (χ0n) is 10.3. The van der Waals surface area contributed by atoms with Gasteiger partial charge in [0.25, 0.3) is 0 Å². The van der Waals surface area contributed by atoms with Gasteiger partial charge in [0.1, 0.15) is 6.20 Å². The summed E-state index contributed by atoms with van der Waals surface area (Å²) >= 11 is 0. The van der Waals surface area contributed by atoms with Gasteiger partial charge in [0.05, 0.1) is 18.1 Å². The molecule has 2 heterocycles. The van der Waals surface area contributed by atoms with Crippen LogP contribution in [0.2, 0.25) is 0 Å². The fraction of sp³-hybridized carbons (Fsp3) is 0.700. The zero-order valence-corrected chi connectivity index (χ0v) is 10.3. The van der Waals surface area contributed by atoms with Gasteiger partial charge in [-0.25, -0.2) is 0 Å². The molecule has 0 aliphatic carbocycles. The van der Waals surface area contributed by atoms with Gasteiger partial charge in [0.15, 0.2) is 5.69 Å². The van der Waals surface area contributed by atoms with Gasteiger partial charge in [0, 0.05) is 19.0 Å². The molecular formula is C10H16N4O4. The molecule has 0 aromatic carbocycles. The molecule has 1 aromatic rings. The van der Waals surface area contributed by atoms with Crippen LogP contribution < -0.4 is 5.73 Å². The summed E-state index contributed by atoms with van der Waals surface area (Å²) in [6, 6.07) is 0. The van der Waals surface area contributed by atoms with Crippen molar-refractivity contribution in [3.63, 3.8) is 0 Å². The lowest BCUT2D eigenvalue weighted by molar-refractivity contribution is -0.388. The number of aryl methyl sites for hydroxylation is 1. The van der Waals surface area contributed by atoms with Gasteiger partial charge in [-0.1, -0.05) is 6.92 Å². The fourth-order valence-electron chi connectivity index (χ4n) is 1.77. The van der Waals surface area contributed by atoms with E-state index in [-0.39, 0.29) is 11.1 Å². The molecule has 8 heteroatoms. The van der Waals surface area contributed by atoms with Crippen LogP contribution in [0, 0.1) is 15.5 Å². The highest BCUT2D eigenvalue weighted by atomic mass is 16.7. The van der Waals surface area contributed by atoms with Gasteiger partial charge in [-0.05, 0) is 0 Å². The molecule has 1 fully saturated rings. The van der Waals surface area contributed by atoms with Crippen LogP contribution in [0.15, 0.2) is 6.20 Å². The number of hydrogen-bond acceptors (Lipinski definition) is 6. The lowest BCUT2D eigenvalue weighted by Crippen LogP contribution is -2.42. The van der Waals surface area contributed by atoms with Crippen LogP contribution in [0.3, 0.4) is 0 Å². The maximum atomic E-state index is 10.9. The molecule has 1 saturated heterocycles. The summed E-state index contributed by atoms with van der Waals surface area (Å²) in [5.41, 5.74) is 5.60. The van der Waals surface area contributed by atoms with E-state index in [0.29, 0.717) is 25.5 Å². The zero-order chi connectivity index (χ0) is 13.3. The topological polar surface area (TPSA) is 105 Å². The maximum absolute atomic E-state index is 10.9. The first kappa shape index (κ1) is 12.9. The molecule has 0 spiro atoms. The van der Waals surface area contributed by atoms with Crippen molar-refractivity contribution >= 4 is 5.69 Å². The number of aromatic nitrogens is 2. The molecule has 0 amide bonds. The molecule has 0 saturated carbocycles. The van der Waals surface area contributed by atoms with Crippen molar-refractivity contribution in [1.29, 1.82) is 0 Å². The van der Waals surface area contributed by atoms with Gasteiger partial charge in [0.2, 0.25) is 6.29 Å². The number of nitro groups is 1. The van der Waals surface area contributed by atoms with E-state index >= 15 is 0 Å². The monoisotopic (exact) mass is 256 g/mol. The van der Waals surface area contributed by atoms with Crippen molar-refractivity contribution in [1.82, 2.24) is 9.78 Å². The highest BCUT2D eigenvalue weighted by Gasteiger charge is 2.37. The Kier molecular flexibility index (Phi) is 3.33. The second kappa shape index (κ2) is 4.63. The van der Waals surface area contributed by atoms with Crippen molar-refractivity contribution in [2.45, 2.75) is 13.2 Å². The first-order chi connectivity index (χ1) is 8.47. The predicted molar refractivity (Wildman–Crippen MR) is 61.7 cm³/mol. The van der Waals surface area contributed by atoms with E-state index in [1.165, 1.54) is 10.9 Å². The van der Waals surface area contributed by atoms with Gasteiger partial charge < -0.3 is 15.2 Å². The second-order valence-corrected chi connectivity index (χ2v) is 4.76. The fourth-order valence-corrected chi connectivity index (χ4v) is 1.77. The summed E-state index contributed by atoms with van der Waals surface area (Å²) < 4.78 is 12.5. The minimum Gasteiger partial charge on any atom is -0.346 e. The van der Waals surface area contributed by atoms with E-state index in [0.717, 1.165) is 0 Å².